The molecule has 180 valence electrons. The number of hydrogen-bond donors (Lipinski definition) is 1. The van der Waals surface area contributed by atoms with Gasteiger partial charge in [-0.05, 0) is 59.4 Å². The van der Waals surface area contributed by atoms with Gasteiger partial charge in [0.25, 0.3) is 5.91 Å². The highest BCUT2D eigenvalue weighted by Gasteiger charge is 2.61. The van der Waals surface area contributed by atoms with Gasteiger partial charge in [0.15, 0.2) is 0 Å². The fourth-order valence-electron chi connectivity index (χ4n) is 6.81. The first kappa shape index (κ1) is 21.5. The lowest BCUT2D eigenvalue weighted by atomic mass is 9.55. The number of nitrogens with zero attached hydrogens (tertiary/aromatic N) is 1. The molecular weight excluding hydrogens is 452 g/mol. The summed E-state index contributed by atoms with van der Waals surface area (Å²) in [5, 5.41) is 2.92. The van der Waals surface area contributed by atoms with Crippen LogP contribution >= 0.6 is 0 Å². The van der Waals surface area contributed by atoms with Gasteiger partial charge in [0, 0.05) is 30.6 Å². The van der Waals surface area contributed by atoms with Gasteiger partial charge in [-0.25, -0.2) is 4.90 Å². The average Bonchev–Trinajstić information content (AvgIpc) is 3.54. The quantitative estimate of drug-likeness (QED) is 0.576. The van der Waals surface area contributed by atoms with E-state index < -0.39 is 11.8 Å². The van der Waals surface area contributed by atoms with Gasteiger partial charge < -0.3 is 10.1 Å². The SMILES string of the molecule is O=C(NC[C@@H]1CCCO1)c1ccc(N2C(=O)[C@H]3C4c5ccccc5C(c5ccccc54)[C@@H]3C2=O)cc1. The monoisotopic (exact) mass is 478 g/mol. The number of imide groups is 1. The predicted octanol–water partition coefficient (Wildman–Crippen LogP) is 3.99. The number of hydrogen-bond acceptors (Lipinski definition) is 4. The molecule has 3 atom stereocenters. The zero-order chi connectivity index (χ0) is 24.4. The van der Waals surface area contributed by atoms with Crippen molar-refractivity contribution in [2.24, 2.45) is 11.8 Å². The Hall–Kier alpha value is -3.77. The Morgan fingerprint density at radius 2 is 1.33 bits per heavy atom. The lowest BCUT2D eigenvalue weighted by molar-refractivity contribution is -0.122. The first-order valence-electron chi connectivity index (χ1n) is 12.7. The number of amides is 3. The summed E-state index contributed by atoms with van der Waals surface area (Å²) < 4.78 is 5.57. The predicted molar refractivity (Wildman–Crippen MR) is 134 cm³/mol. The lowest BCUT2D eigenvalue weighted by Gasteiger charge is -2.45. The number of anilines is 1. The molecule has 36 heavy (non-hydrogen) atoms. The molecule has 2 aliphatic heterocycles. The molecule has 2 heterocycles. The van der Waals surface area contributed by atoms with Crippen LogP contribution in [-0.2, 0) is 14.3 Å². The molecule has 0 radical (unpaired) electrons. The van der Waals surface area contributed by atoms with Crippen molar-refractivity contribution in [3.05, 3.63) is 101 Å². The van der Waals surface area contributed by atoms with E-state index in [1.807, 2.05) is 24.3 Å². The number of carbonyl (C=O) groups is 3. The third kappa shape index (κ3) is 3.04. The molecule has 2 bridgehead atoms. The molecule has 0 unspecified atom stereocenters. The molecule has 5 aliphatic rings. The van der Waals surface area contributed by atoms with E-state index in [1.165, 1.54) is 4.90 Å². The van der Waals surface area contributed by atoms with Crippen molar-refractivity contribution >= 4 is 23.4 Å². The molecule has 3 aliphatic carbocycles. The molecule has 2 fully saturated rings. The molecule has 6 nitrogen and oxygen atoms in total. The van der Waals surface area contributed by atoms with Crippen LogP contribution in [0.3, 0.4) is 0 Å². The van der Waals surface area contributed by atoms with Crippen LogP contribution in [0.4, 0.5) is 5.69 Å². The minimum absolute atomic E-state index is 0.0695. The van der Waals surface area contributed by atoms with Crippen LogP contribution in [0.1, 0.15) is 57.3 Å². The second-order valence-corrected chi connectivity index (χ2v) is 10.2. The molecule has 0 aromatic heterocycles. The maximum absolute atomic E-state index is 13.8. The van der Waals surface area contributed by atoms with Crippen molar-refractivity contribution in [3.63, 3.8) is 0 Å². The van der Waals surface area contributed by atoms with E-state index in [0.717, 1.165) is 41.7 Å². The average molecular weight is 479 g/mol. The number of nitrogens with one attached hydrogen (secondary N) is 1. The molecule has 3 amide bonds. The molecule has 1 N–H and O–H groups in total. The normalized spacial score (nSPS) is 27.6. The molecule has 3 aromatic rings. The molecule has 3 aromatic carbocycles. The van der Waals surface area contributed by atoms with Crippen LogP contribution in [0, 0.1) is 11.8 Å². The lowest BCUT2D eigenvalue weighted by Crippen LogP contribution is -2.41. The van der Waals surface area contributed by atoms with E-state index in [9.17, 15) is 14.4 Å². The van der Waals surface area contributed by atoms with Crippen molar-refractivity contribution < 1.29 is 19.1 Å². The second kappa shape index (κ2) is 8.14. The van der Waals surface area contributed by atoms with Crippen molar-refractivity contribution in [2.75, 3.05) is 18.1 Å². The van der Waals surface area contributed by atoms with Crippen LogP contribution in [0.25, 0.3) is 0 Å². The zero-order valence-electron chi connectivity index (χ0n) is 19.7. The van der Waals surface area contributed by atoms with Crippen molar-refractivity contribution in [1.29, 1.82) is 0 Å². The zero-order valence-corrected chi connectivity index (χ0v) is 19.7. The van der Waals surface area contributed by atoms with E-state index in [-0.39, 0.29) is 35.7 Å². The van der Waals surface area contributed by atoms with Crippen LogP contribution in [0.2, 0.25) is 0 Å². The van der Waals surface area contributed by atoms with Crippen LogP contribution in [0.15, 0.2) is 72.8 Å². The van der Waals surface area contributed by atoms with Crippen molar-refractivity contribution in [1.82, 2.24) is 5.32 Å². The van der Waals surface area contributed by atoms with Gasteiger partial charge in [0.1, 0.15) is 0 Å². The van der Waals surface area contributed by atoms with Crippen molar-refractivity contribution in [3.8, 4) is 0 Å². The van der Waals surface area contributed by atoms with Crippen molar-refractivity contribution in [2.45, 2.75) is 30.8 Å². The maximum atomic E-state index is 13.8. The van der Waals surface area contributed by atoms with E-state index in [2.05, 4.69) is 29.6 Å². The van der Waals surface area contributed by atoms with Gasteiger partial charge in [-0.15, -0.1) is 0 Å². The Balaban J connectivity index is 1.19. The highest BCUT2D eigenvalue weighted by Crippen LogP contribution is 2.61. The highest BCUT2D eigenvalue weighted by molar-refractivity contribution is 6.23. The Morgan fingerprint density at radius 1 is 0.806 bits per heavy atom. The van der Waals surface area contributed by atoms with Crippen LogP contribution in [-0.4, -0.2) is 37.0 Å². The largest absolute Gasteiger partial charge is 0.376 e. The van der Waals surface area contributed by atoms with Gasteiger partial charge in [0.05, 0.1) is 23.6 Å². The van der Waals surface area contributed by atoms with Crippen LogP contribution < -0.4 is 10.2 Å². The molecular formula is C30H26N2O4. The summed E-state index contributed by atoms with van der Waals surface area (Å²) in [6, 6.07) is 23.2. The van der Waals surface area contributed by atoms with Gasteiger partial charge in [-0.1, -0.05) is 48.5 Å². The highest BCUT2D eigenvalue weighted by atomic mass is 16.5. The minimum atomic E-state index is -0.415. The minimum Gasteiger partial charge on any atom is -0.376 e. The summed E-state index contributed by atoms with van der Waals surface area (Å²) in [5.41, 5.74) is 5.63. The Bertz CT molecular complexity index is 1280. The second-order valence-electron chi connectivity index (χ2n) is 10.2. The molecule has 6 heteroatoms. The van der Waals surface area contributed by atoms with Gasteiger partial charge in [-0.3, -0.25) is 14.4 Å². The topological polar surface area (TPSA) is 75.7 Å². The Morgan fingerprint density at radius 3 is 1.81 bits per heavy atom. The number of rotatable bonds is 4. The third-order valence-corrected chi connectivity index (χ3v) is 8.35. The number of carbonyl (C=O) groups excluding carboxylic acids is 3. The van der Waals surface area contributed by atoms with E-state index in [4.69, 9.17) is 4.74 Å². The Labute approximate surface area is 209 Å². The van der Waals surface area contributed by atoms with E-state index in [1.54, 1.807) is 24.3 Å². The first-order valence-corrected chi connectivity index (χ1v) is 12.7. The summed E-state index contributed by atoms with van der Waals surface area (Å²) in [6.45, 7) is 1.23. The fraction of sp³-hybridized carbons (Fsp3) is 0.300. The summed E-state index contributed by atoms with van der Waals surface area (Å²) in [5.74, 6) is -1.58. The molecule has 0 saturated carbocycles. The summed E-state index contributed by atoms with van der Waals surface area (Å²) in [7, 11) is 0. The van der Waals surface area contributed by atoms with Gasteiger partial charge >= 0.3 is 0 Å². The fourth-order valence-corrected chi connectivity index (χ4v) is 6.81. The van der Waals surface area contributed by atoms with Gasteiger partial charge in [0.2, 0.25) is 11.8 Å². The summed E-state index contributed by atoms with van der Waals surface area (Å²) in [6.07, 6.45) is 2.05. The van der Waals surface area contributed by atoms with Crippen LogP contribution in [0.5, 0.6) is 0 Å². The van der Waals surface area contributed by atoms with E-state index >= 15 is 0 Å². The first-order chi connectivity index (χ1) is 17.6. The Kier molecular flexibility index (Phi) is 4.86. The smallest absolute Gasteiger partial charge is 0.251 e. The standard InChI is InChI=1S/C30H26N2O4/c33-28(31-16-19-6-5-15-36-19)17-11-13-18(14-12-17)32-29(34)26-24-20-7-1-2-8-21(20)25(27(26)30(32)35)23-10-4-3-9-22(23)24/h1-4,7-14,19,24-27H,5-6,15-16H2,(H,31,33)/t19-,24?,25?,26-,27-/m0/s1. The molecule has 8 rings (SSSR count). The third-order valence-electron chi connectivity index (χ3n) is 8.35. The number of benzene rings is 3. The summed E-state index contributed by atoms with van der Waals surface area (Å²) in [4.78, 5) is 41.6. The maximum Gasteiger partial charge on any atom is 0.251 e. The number of ether oxygens (including phenoxy) is 1. The van der Waals surface area contributed by atoms with Gasteiger partial charge in [-0.2, -0.15) is 0 Å². The molecule has 0 spiro atoms. The molecule has 2 saturated heterocycles. The summed E-state index contributed by atoms with van der Waals surface area (Å²) >= 11 is 0. The van der Waals surface area contributed by atoms with E-state index in [0.29, 0.717) is 17.8 Å².